The van der Waals surface area contributed by atoms with Crippen LogP contribution in [0.4, 0.5) is 4.39 Å². The molecule has 1 fully saturated rings. The first-order chi connectivity index (χ1) is 8.61. The topological polar surface area (TPSA) is 35.8 Å². The second-order valence-electron chi connectivity index (χ2n) is 4.83. The molecular formula is C14H16BrFN2. The summed E-state index contributed by atoms with van der Waals surface area (Å²) in [6.07, 6.45) is 3.13. The molecule has 1 aromatic carbocycles. The van der Waals surface area contributed by atoms with Gasteiger partial charge in [-0.3, -0.25) is 0 Å². The molecular weight excluding hydrogens is 295 g/mol. The van der Waals surface area contributed by atoms with Gasteiger partial charge in [0.2, 0.25) is 0 Å². The molecule has 0 saturated heterocycles. The van der Waals surface area contributed by atoms with Crippen LogP contribution in [0, 0.1) is 23.1 Å². The smallest absolute Gasteiger partial charge is 0.124 e. The number of hydrogen-bond acceptors (Lipinski definition) is 2. The average Bonchev–Trinajstić information content (AvgIpc) is 2.76. The van der Waals surface area contributed by atoms with Gasteiger partial charge in [0.25, 0.3) is 0 Å². The van der Waals surface area contributed by atoms with Crippen LogP contribution in [0.2, 0.25) is 0 Å². The van der Waals surface area contributed by atoms with E-state index in [9.17, 15) is 4.39 Å². The van der Waals surface area contributed by atoms with Crippen LogP contribution in [-0.4, -0.2) is 6.04 Å². The zero-order chi connectivity index (χ0) is 13.1. The number of hydrogen-bond donors (Lipinski definition) is 1. The van der Waals surface area contributed by atoms with E-state index in [4.69, 9.17) is 5.26 Å². The highest BCUT2D eigenvalue weighted by Gasteiger charge is 2.28. The Labute approximate surface area is 115 Å². The molecule has 0 spiro atoms. The Hall–Kier alpha value is -0.920. The lowest BCUT2D eigenvalue weighted by molar-refractivity contribution is 0.416. The van der Waals surface area contributed by atoms with Gasteiger partial charge in [0.1, 0.15) is 5.82 Å². The van der Waals surface area contributed by atoms with E-state index in [0.717, 1.165) is 29.3 Å². The van der Waals surface area contributed by atoms with Gasteiger partial charge in [-0.2, -0.15) is 5.26 Å². The van der Waals surface area contributed by atoms with Crippen LogP contribution in [-0.2, 0) is 0 Å². The van der Waals surface area contributed by atoms with E-state index in [1.165, 1.54) is 12.1 Å². The molecule has 2 rings (SSSR count). The summed E-state index contributed by atoms with van der Waals surface area (Å²) in [7, 11) is 0. The Bertz CT molecular complexity index is 469. The Kier molecular flexibility index (Phi) is 4.36. The molecule has 0 bridgehead atoms. The number of halogens is 2. The molecule has 3 unspecified atom stereocenters. The van der Waals surface area contributed by atoms with Gasteiger partial charge >= 0.3 is 0 Å². The van der Waals surface area contributed by atoms with E-state index < -0.39 is 0 Å². The number of nitrogens with one attached hydrogen (secondary N) is 1. The third kappa shape index (κ3) is 2.90. The van der Waals surface area contributed by atoms with E-state index in [1.807, 2.05) is 6.92 Å². The first kappa shape index (κ1) is 13.5. The fraction of sp³-hybridized carbons (Fsp3) is 0.500. The van der Waals surface area contributed by atoms with Crippen LogP contribution in [0.25, 0.3) is 0 Å². The average molecular weight is 311 g/mol. The van der Waals surface area contributed by atoms with Gasteiger partial charge in [0, 0.05) is 16.6 Å². The third-order valence-corrected chi connectivity index (χ3v) is 4.26. The van der Waals surface area contributed by atoms with Crippen molar-refractivity contribution in [3.8, 4) is 6.07 Å². The zero-order valence-corrected chi connectivity index (χ0v) is 11.9. The first-order valence-corrected chi connectivity index (χ1v) is 7.01. The highest BCUT2D eigenvalue weighted by Crippen LogP contribution is 2.29. The van der Waals surface area contributed by atoms with Crippen molar-refractivity contribution in [1.29, 1.82) is 5.26 Å². The number of nitriles is 1. The van der Waals surface area contributed by atoms with E-state index in [2.05, 4.69) is 27.3 Å². The Morgan fingerprint density at radius 2 is 2.28 bits per heavy atom. The van der Waals surface area contributed by atoms with Crippen molar-refractivity contribution in [2.24, 2.45) is 5.92 Å². The van der Waals surface area contributed by atoms with E-state index in [1.54, 1.807) is 6.07 Å². The van der Waals surface area contributed by atoms with E-state index in [-0.39, 0.29) is 23.8 Å². The van der Waals surface area contributed by atoms with Crippen molar-refractivity contribution in [2.45, 2.75) is 38.3 Å². The number of nitrogens with zero attached hydrogens (tertiary/aromatic N) is 1. The lowest BCUT2D eigenvalue weighted by Gasteiger charge is -2.22. The molecule has 0 amide bonds. The molecule has 0 aliphatic heterocycles. The summed E-state index contributed by atoms with van der Waals surface area (Å²) in [5.41, 5.74) is 1.03. The quantitative estimate of drug-likeness (QED) is 0.918. The van der Waals surface area contributed by atoms with Gasteiger partial charge in [-0.25, -0.2) is 4.39 Å². The maximum Gasteiger partial charge on any atom is 0.124 e. The van der Waals surface area contributed by atoms with Crippen LogP contribution in [0.1, 0.15) is 37.8 Å². The van der Waals surface area contributed by atoms with Crippen LogP contribution >= 0.6 is 15.9 Å². The normalized spacial score (nSPS) is 24.8. The van der Waals surface area contributed by atoms with Gasteiger partial charge in [0.15, 0.2) is 0 Å². The van der Waals surface area contributed by atoms with E-state index >= 15 is 0 Å². The van der Waals surface area contributed by atoms with Crippen molar-refractivity contribution >= 4 is 15.9 Å². The van der Waals surface area contributed by atoms with Crippen molar-refractivity contribution in [1.82, 2.24) is 5.32 Å². The molecule has 96 valence electrons. The van der Waals surface area contributed by atoms with Gasteiger partial charge in [-0.1, -0.05) is 28.4 Å². The molecule has 18 heavy (non-hydrogen) atoms. The van der Waals surface area contributed by atoms with Crippen molar-refractivity contribution in [3.05, 3.63) is 34.1 Å². The maximum absolute atomic E-state index is 13.0. The highest BCUT2D eigenvalue weighted by molar-refractivity contribution is 9.10. The molecule has 2 nitrogen and oxygen atoms in total. The van der Waals surface area contributed by atoms with Gasteiger partial charge < -0.3 is 5.32 Å². The monoisotopic (exact) mass is 310 g/mol. The summed E-state index contributed by atoms with van der Waals surface area (Å²) < 4.78 is 13.8. The van der Waals surface area contributed by atoms with Crippen LogP contribution < -0.4 is 5.32 Å². The van der Waals surface area contributed by atoms with E-state index in [0.29, 0.717) is 0 Å². The molecule has 0 radical (unpaired) electrons. The molecule has 0 aromatic heterocycles. The standard InChI is InChI=1S/C14H16BrFN2/c1-9(12-6-5-11(16)7-13(12)15)18-14-4-2-3-10(14)8-17/h5-7,9-10,14,18H,2-4H2,1H3. The summed E-state index contributed by atoms with van der Waals surface area (Å²) in [6, 6.07) is 7.45. The molecule has 3 atom stereocenters. The van der Waals surface area contributed by atoms with Crippen LogP contribution in [0.3, 0.4) is 0 Å². The minimum Gasteiger partial charge on any atom is -0.306 e. The summed E-state index contributed by atoms with van der Waals surface area (Å²) in [4.78, 5) is 0. The van der Waals surface area contributed by atoms with Gasteiger partial charge in [-0.15, -0.1) is 0 Å². The third-order valence-electron chi connectivity index (χ3n) is 3.57. The Morgan fingerprint density at radius 1 is 1.50 bits per heavy atom. The lowest BCUT2D eigenvalue weighted by atomic mass is 10.0. The van der Waals surface area contributed by atoms with Crippen molar-refractivity contribution in [2.75, 3.05) is 0 Å². The van der Waals surface area contributed by atoms with Crippen molar-refractivity contribution < 1.29 is 4.39 Å². The largest absolute Gasteiger partial charge is 0.306 e. The zero-order valence-electron chi connectivity index (χ0n) is 10.3. The highest BCUT2D eigenvalue weighted by atomic mass is 79.9. The Balaban J connectivity index is 2.08. The minimum atomic E-state index is -0.242. The van der Waals surface area contributed by atoms with Crippen LogP contribution in [0.5, 0.6) is 0 Å². The van der Waals surface area contributed by atoms with Gasteiger partial charge in [0.05, 0.1) is 12.0 Å². The fourth-order valence-corrected chi connectivity index (χ4v) is 3.27. The molecule has 1 saturated carbocycles. The summed E-state index contributed by atoms with van der Waals surface area (Å²) in [5.74, 6) is -0.139. The second-order valence-corrected chi connectivity index (χ2v) is 5.68. The molecule has 1 N–H and O–H groups in total. The Morgan fingerprint density at radius 3 is 2.94 bits per heavy atom. The molecule has 1 aromatic rings. The summed E-state index contributed by atoms with van der Waals surface area (Å²) >= 11 is 3.38. The minimum absolute atomic E-state index is 0.103. The SMILES string of the molecule is CC(NC1CCCC1C#N)c1ccc(F)cc1Br. The van der Waals surface area contributed by atoms with Crippen LogP contribution in [0.15, 0.2) is 22.7 Å². The maximum atomic E-state index is 13.0. The summed E-state index contributed by atoms with van der Waals surface area (Å²) in [5, 5.41) is 12.5. The lowest BCUT2D eigenvalue weighted by Crippen LogP contribution is -2.34. The molecule has 1 aliphatic rings. The van der Waals surface area contributed by atoms with Gasteiger partial charge in [-0.05, 0) is 37.5 Å². The fourth-order valence-electron chi connectivity index (χ4n) is 2.58. The molecule has 4 heteroatoms. The van der Waals surface area contributed by atoms with Crippen molar-refractivity contribution in [3.63, 3.8) is 0 Å². The summed E-state index contributed by atoms with van der Waals surface area (Å²) in [6.45, 7) is 2.05. The molecule has 1 aliphatic carbocycles. The predicted octanol–water partition coefficient (Wildman–Crippen LogP) is 3.93. The predicted molar refractivity (Wildman–Crippen MR) is 72.4 cm³/mol. The molecule has 0 heterocycles. The number of benzene rings is 1. The first-order valence-electron chi connectivity index (χ1n) is 6.22. The number of rotatable bonds is 3. The second kappa shape index (κ2) is 5.81.